The highest BCUT2D eigenvalue weighted by molar-refractivity contribution is 5.94. The van der Waals surface area contributed by atoms with E-state index in [0.29, 0.717) is 17.2 Å². The van der Waals surface area contributed by atoms with Gasteiger partial charge >= 0.3 is 36.4 Å². The fourth-order valence-corrected chi connectivity index (χ4v) is 4.39. The second-order valence-electron chi connectivity index (χ2n) is 11.0. The molecule has 0 saturated carbocycles. The molecule has 308 valence electrons. The van der Waals surface area contributed by atoms with Crippen LogP contribution in [0.3, 0.4) is 0 Å². The fourth-order valence-electron chi connectivity index (χ4n) is 4.39. The molecule has 3 aromatic rings. The van der Waals surface area contributed by atoms with Crippen LogP contribution in [-0.4, -0.2) is 98.9 Å². The molecule has 0 aromatic heterocycles. The van der Waals surface area contributed by atoms with Crippen LogP contribution in [0.4, 0.5) is 14.4 Å². The van der Waals surface area contributed by atoms with Gasteiger partial charge in [-0.25, -0.2) is 43.7 Å². The molecule has 21 nitrogen and oxygen atoms in total. The van der Waals surface area contributed by atoms with Gasteiger partial charge in [0, 0.05) is 18.2 Å². The van der Waals surface area contributed by atoms with Gasteiger partial charge in [-0.2, -0.15) is 14.4 Å². The molecule has 0 heterocycles. The van der Waals surface area contributed by atoms with Gasteiger partial charge in [0.15, 0.2) is 0 Å². The largest absolute Gasteiger partial charge is 0.549 e. The van der Waals surface area contributed by atoms with Crippen LogP contribution in [0, 0.1) is 5.41 Å². The minimum Gasteiger partial charge on any atom is -0.497 e. The van der Waals surface area contributed by atoms with Gasteiger partial charge < -0.3 is 42.6 Å². The molecule has 0 unspecified atom stereocenters. The molecule has 0 amide bonds. The van der Waals surface area contributed by atoms with E-state index in [0.717, 1.165) is 0 Å². The van der Waals surface area contributed by atoms with E-state index in [4.69, 9.17) is 42.6 Å². The maximum absolute atomic E-state index is 12.6. The normalized spacial score (nSPS) is 10.4. The third kappa shape index (κ3) is 12.6. The zero-order valence-corrected chi connectivity index (χ0v) is 31.6. The van der Waals surface area contributed by atoms with Crippen molar-refractivity contribution in [3.05, 3.63) is 71.3 Å². The minimum atomic E-state index is -1.62. The van der Waals surface area contributed by atoms with Gasteiger partial charge in [-0.1, -0.05) is 6.92 Å². The van der Waals surface area contributed by atoms with Gasteiger partial charge in [-0.15, -0.1) is 0 Å². The molecule has 0 radical (unpaired) electrons. The summed E-state index contributed by atoms with van der Waals surface area (Å²) in [5, 5.41) is 0. The maximum atomic E-state index is 12.6. The summed E-state index contributed by atoms with van der Waals surface area (Å²) in [6, 6.07) is 12.3. The lowest BCUT2D eigenvalue weighted by Gasteiger charge is -2.29. The molecule has 0 spiro atoms. The minimum absolute atomic E-state index is 0.0389. The van der Waals surface area contributed by atoms with E-state index >= 15 is 0 Å². The second kappa shape index (κ2) is 21.5. The van der Waals surface area contributed by atoms with Crippen molar-refractivity contribution in [2.75, 3.05) is 62.5 Å². The SMILES string of the molecule is CCC(COC(=O)OOC(=O)c1ccc(OC)cc1OC)(COC(=O)OOC(=O)c1ccc(OC)cc1OC)COC(=O)OOC(=O)c1ccc(OC)cc1OC. The molecule has 21 heteroatoms. The lowest BCUT2D eigenvalue weighted by Crippen LogP contribution is -2.39. The van der Waals surface area contributed by atoms with Crippen molar-refractivity contribution >= 4 is 36.4 Å². The van der Waals surface area contributed by atoms with E-state index in [-0.39, 0.29) is 40.4 Å². The molecule has 57 heavy (non-hydrogen) atoms. The van der Waals surface area contributed by atoms with Crippen LogP contribution in [-0.2, 0) is 43.5 Å². The molecule has 3 rings (SSSR count). The average molecular weight is 807 g/mol. The van der Waals surface area contributed by atoms with Crippen LogP contribution in [0.2, 0.25) is 0 Å². The quantitative estimate of drug-likeness (QED) is 0.0780. The van der Waals surface area contributed by atoms with Crippen LogP contribution in [0.1, 0.15) is 44.4 Å². The summed E-state index contributed by atoms with van der Waals surface area (Å²) < 4.78 is 45.8. The highest BCUT2D eigenvalue weighted by Crippen LogP contribution is 2.29. The first-order valence-corrected chi connectivity index (χ1v) is 16.2. The first kappa shape index (κ1) is 44.1. The Balaban J connectivity index is 1.67. The number of rotatable bonds is 16. The monoisotopic (exact) mass is 806 g/mol. The van der Waals surface area contributed by atoms with Crippen LogP contribution in [0.15, 0.2) is 54.6 Å². The Morgan fingerprint density at radius 3 is 0.930 bits per heavy atom. The van der Waals surface area contributed by atoms with E-state index < -0.39 is 61.6 Å². The standard InChI is InChI=1S/C36H38O21/c1-8-36(18-49-33(40)55-52-30(37)24-12-9-21(43-2)15-27(24)46-5,19-50-34(41)56-53-31(38)25-13-10-22(44-3)16-28(25)47-6)20-51-35(42)57-54-32(39)26-14-11-23(45-4)17-29(26)48-7/h9-17H,8,18-20H2,1-7H3. The number of methoxy groups -OCH3 is 6. The molecule has 3 aromatic carbocycles. The van der Waals surface area contributed by atoms with Crippen molar-refractivity contribution < 1.29 is 101 Å². The van der Waals surface area contributed by atoms with Gasteiger partial charge in [-0.3, -0.25) is 0 Å². The fraction of sp³-hybridized carbons (Fsp3) is 0.333. The van der Waals surface area contributed by atoms with Crippen LogP contribution >= 0.6 is 0 Å². The highest BCUT2D eigenvalue weighted by Gasteiger charge is 2.36. The van der Waals surface area contributed by atoms with E-state index in [1.54, 1.807) is 0 Å². The van der Waals surface area contributed by atoms with Crippen molar-refractivity contribution in [2.45, 2.75) is 13.3 Å². The molecular weight excluding hydrogens is 768 g/mol. The smallest absolute Gasteiger partial charge is 0.497 e. The summed E-state index contributed by atoms with van der Waals surface area (Å²) in [6.45, 7) is -0.700. The lowest BCUT2D eigenvalue weighted by atomic mass is 9.88. The Morgan fingerprint density at radius 2 is 0.702 bits per heavy atom. The zero-order valence-electron chi connectivity index (χ0n) is 31.6. The molecule has 0 aliphatic carbocycles. The van der Waals surface area contributed by atoms with E-state index in [2.05, 4.69) is 29.3 Å². The first-order valence-electron chi connectivity index (χ1n) is 16.2. The molecule has 0 aliphatic heterocycles. The summed E-state index contributed by atoms with van der Waals surface area (Å²) in [5.74, 6) is -2.22. The molecule has 0 atom stereocenters. The Labute approximate surface area is 324 Å². The molecule has 0 aliphatic rings. The number of benzene rings is 3. The summed E-state index contributed by atoms with van der Waals surface area (Å²) in [4.78, 5) is 102. The highest BCUT2D eigenvalue weighted by atomic mass is 17.2. The molecule has 0 saturated heterocycles. The van der Waals surface area contributed by atoms with Crippen LogP contribution < -0.4 is 28.4 Å². The number of ether oxygens (including phenoxy) is 9. The van der Waals surface area contributed by atoms with Crippen molar-refractivity contribution in [3.8, 4) is 34.5 Å². The van der Waals surface area contributed by atoms with Gasteiger partial charge in [0.25, 0.3) is 0 Å². The second-order valence-corrected chi connectivity index (χ2v) is 11.0. The number of hydrogen-bond donors (Lipinski definition) is 0. The van der Waals surface area contributed by atoms with Crippen LogP contribution in [0.25, 0.3) is 0 Å². The van der Waals surface area contributed by atoms with Crippen molar-refractivity contribution in [2.24, 2.45) is 5.41 Å². The number of carbonyl (C=O) groups excluding carboxylic acids is 6. The Hall–Kier alpha value is -7.32. The summed E-state index contributed by atoms with van der Waals surface area (Å²) >= 11 is 0. The van der Waals surface area contributed by atoms with Crippen LogP contribution in [0.5, 0.6) is 34.5 Å². The van der Waals surface area contributed by atoms with Gasteiger partial charge in [0.2, 0.25) is 0 Å². The van der Waals surface area contributed by atoms with E-state index in [1.165, 1.54) is 104 Å². The first-order chi connectivity index (χ1) is 27.4. The molecule has 0 bridgehead atoms. The Kier molecular flexibility index (Phi) is 16.7. The van der Waals surface area contributed by atoms with Gasteiger partial charge in [-0.05, 0) is 42.8 Å². The Bertz CT molecular complexity index is 1680. The predicted octanol–water partition coefficient (Wildman–Crippen LogP) is 5.21. The summed E-state index contributed by atoms with van der Waals surface area (Å²) in [6.07, 6.45) is -4.73. The summed E-state index contributed by atoms with van der Waals surface area (Å²) in [7, 11) is 8.05. The van der Waals surface area contributed by atoms with Crippen molar-refractivity contribution in [3.63, 3.8) is 0 Å². The molecular formula is C36H38O21. The Morgan fingerprint density at radius 1 is 0.421 bits per heavy atom. The van der Waals surface area contributed by atoms with E-state index in [9.17, 15) is 28.8 Å². The lowest BCUT2D eigenvalue weighted by molar-refractivity contribution is -0.217. The summed E-state index contributed by atoms with van der Waals surface area (Å²) in [5.41, 5.74) is -2.02. The van der Waals surface area contributed by atoms with Gasteiger partial charge in [0.1, 0.15) is 71.0 Å². The molecule has 0 fully saturated rings. The number of hydrogen-bond acceptors (Lipinski definition) is 21. The molecule has 0 N–H and O–H groups in total. The third-order valence-electron chi connectivity index (χ3n) is 7.68. The maximum Gasteiger partial charge on any atom is 0.549 e. The number of carbonyl (C=O) groups is 6. The van der Waals surface area contributed by atoms with Crippen molar-refractivity contribution in [1.82, 2.24) is 0 Å². The van der Waals surface area contributed by atoms with Gasteiger partial charge in [0.05, 0.1) is 48.1 Å². The van der Waals surface area contributed by atoms with E-state index in [1.807, 2.05) is 0 Å². The predicted molar refractivity (Wildman–Crippen MR) is 185 cm³/mol. The van der Waals surface area contributed by atoms with Crippen molar-refractivity contribution in [1.29, 1.82) is 0 Å². The third-order valence-corrected chi connectivity index (χ3v) is 7.68. The average Bonchev–Trinajstić information content (AvgIpc) is 3.25. The zero-order chi connectivity index (χ0) is 42.0. The topological polar surface area (TPSA) is 241 Å².